The fraction of sp³-hybridized carbons (Fsp3) is 0.333. The molecular weight excluding hydrogens is 276 g/mol. The van der Waals surface area contributed by atoms with E-state index in [1.54, 1.807) is 6.07 Å². The van der Waals surface area contributed by atoms with Crippen molar-refractivity contribution in [3.05, 3.63) is 29.8 Å². The molecule has 9 nitrogen and oxygen atoms in total. The van der Waals surface area contributed by atoms with Gasteiger partial charge in [-0.3, -0.25) is 10.1 Å². The molecule has 0 aromatic carbocycles. The van der Waals surface area contributed by atoms with E-state index in [4.69, 9.17) is 0 Å². The highest BCUT2D eigenvalue weighted by Gasteiger charge is 2.20. The molecule has 2 heterocycles. The van der Waals surface area contributed by atoms with Crippen molar-refractivity contribution in [2.75, 3.05) is 12.4 Å². The number of amides is 1. The van der Waals surface area contributed by atoms with Crippen LogP contribution in [-0.4, -0.2) is 43.9 Å². The highest BCUT2D eigenvalue weighted by atomic mass is 16.5. The molecule has 0 saturated heterocycles. The number of esters is 1. The number of ether oxygens (including phenoxy) is 1. The Morgan fingerprint density at radius 1 is 1.33 bits per heavy atom. The molecule has 0 spiro atoms. The monoisotopic (exact) mass is 290 g/mol. The maximum Gasteiger partial charge on any atom is 0.360 e. The summed E-state index contributed by atoms with van der Waals surface area (Å²) in [5, 5.41) is 10.1. The van der Waals surface area contributed by atoms with Crippen LogP contribution in [0.4, 0.5) is 5.95 Å². The summed E-state index contributed by atoms with van der Waals surface area (Å²) in [7, 11) is 1.26. The third-order valence-electron chi connectivity index (χ3n) is 2.66. The third-order valence-corrected chi connectivity index (χ3v) is 2.66. The molecule has 0 fully saturated rings. The molecule has 0 bridgehead atoms. The summed E-state index contributed by atoms with van der Waals surface area (Å²) in [4.78, 5) is 31.2. The van der Waals surface area contributed by atoms with Gasteiger partial charge in [-0.1, -0.05) is 12.1 Å². The Labute approximate surface area is 120 Å². The molecule has 0 aliphatic carbocycles. The predicted molar refractivity (Wildman–Crippen MR) is 71.4 cm³/mol. The smallest absolute Gasteiger partial charge is 0.360 e. The maximum absolute atomic E-state index is 11.9. The minimum atomic E-state index is -0.579. The quantitative estimate of drug-likeness (QED) is 0.774. The molecule has 21 heavy (non-hydrogen) atoms. The minimum absolute atomic E-state index is 0.0918. The van der Waals surface area contributed by atoms with Crippen molar-refractivity contribution in [3.8, 4) is 0 Å². The van der Waals surface area contributed by atoms with Crippen LogP contribution in [0.3, 0.4) is 0 Å². The first-order chi connectivity index (χ1) is 10.2. The molecule has 0 atom stereocenters. The second kappa shape index (κ2) is 6.55. The topological polar surface area (TPSA) is 112 Å². The summed E-state index contributed by atoms with van der Waals surface area (Å²) in [6.07, 6.45) is 3.53. The fourth-order valence-electron chi connectivity index (χ4n) is 1.73. The van der Waals surface area contributed by atoms with Crippen LogP contribution in [-0.2, 0) is 22.5 Å². The molecule has 0 aliphatic heterocycles. The van der Waals surface area contributed by atoms with E-state index in [2.05, 4.69) is 30.3 Å². The fourth-order valence-corrected chi connectivity index (χ4v) is 1.73. The van der Waals surface area contributed by atoms with Crippen LogP contribution >= 0.6 is 0 Å². The van der Waals surface area contributed by atoms with E-state index < -0.39 is 5.97 Å². The third kappa shape index (κ3) is 3.38. The molecule has 0 saturated carbocycles. The van der Waals surface area contributed by atoms with Crippen molar-refractivity contribution in [2.45, 2.75) is 19.9 Å². The number of nitrogens with one attached hydrogen (secondary N) is 1. The second-order valence-corrected chi connectivity index (χ2v) is 4.01. The van der Waals surface area contributed by atoms with Crippen LogP contribution in [0.1, 0.15) is 23.1 Å². The second-order valence-electron chi connectivity index (χ2n) is 4.01. The van der Waals surface area contributed by atoms with E-state index in [0.29, 0.717) is 12.1 Å². The molecule has 0 unspecified atom stereocenters. The number of anilines is 1. The summed E-state index contributed by atoms with van der Waals surface area (Å²) in [5.41, 5.74) is 0.648. The van der Waals surface area contributed by atoms with Crippen LogP contribution in [0.2, 0.25) is 0 Å². The Kier molecular flexibility index (Phi) is 4.54. The zero-order chi connectivity index (χ0) is 15.2. The number of carbonyl (C=O) groups is 2. The van der Waals surface area contributed by atoms with E-state index in [-0.39, 0.29) is 24.1 Å². The van der Waals surface area contributed by atoms with Gasteiger partial charge < -0.3 is 4.74 Å². The standard InChI is InChI=1S/C12H14N6O3/c1-3-8-10(11(20)21-2)16-17-18(8)7-9(19)15-12-13-5-4-6-14-12/h4-6H,3,7H2,1-2H3,(H,13,14,15,19). The molecule has 110 valence electrons. The molecule has 0 aliphatic rings. The van der Waals surface area contributed by atoms with Gasteiger partial charge in [-0.2, -0.15) is 0 Å². The number of carbonyl (C=O) groups excluding carboxylic acids is 2. The Morgan fingerprint density at radius 3 is 2.67 bits per heavy atom. The van der Waals surface area contributed by atoms with Crippen molar-refractivity contribution in [1.82, 2.24) is 25.0 Å². The van der Waals surface area contributed by atoms with Gasteiger partial charge >= 0.3 is 5.97 Å². The van der Waals surface area contributed by atoms with Crippen molar-refractivity contribution >= 4 is 17.8 Å². The van der Waals surface area contributed by atoms with Crippen LogP contribution in [0.25, 0.3) is 0 Å². The van der Waals surface area contributed by atoms with Gasteiger partial charge in [0.15, 0.2) is 5.69 Å². The molecule has 1 N–H and O–H groups in total. The van der Waals surface area contributed by atoms with Gasteiger partial charge in [0.25, 0.3) is 0 Å². The van der Waals surface area contributed by atoms with E-state index >= 15 is 0 Å². The van der Waals surface area contributed by atoms with Gasteiger partial charge in [-0.25, -0.2) is 19.4 Å². The van der Waals surface area contributed by atoms with E-state index in [1.807, 2.05) is 6.92 Å². The van der Waals surface area contributed by atoms with Crippen LogP contribution in [0, 0.1) is 0 Å². The lowest BCUT2D eigenvalue weighted by Gasteiger charge is -2.06. The normalized spacial score (nSPS) is 10.2. The van der Waals surface area contributed by atoms with Gasteiger partial charge in [0.1, 0.15) is 6.54 Å². The number of hydrogen-bond donors (Lipinski definition) is 1. The molecular formula is C12H14N6O3. The number of rotatable bonds is 5. The van der Waals surface area contributed by atoms with E-state index in [0.717, 1.165) is 0 Å². The van der Waals surface area contributed by atoms with Gasteiger partial charge in [0.2, 0.25) is 11.9 Å². The molecule has 0 radical (unpaired) electrons. The molecule has 2 aromatic heterocycles. The predicted octanol–water partition coefficient (Wildman–Crippen LogP) is 0.0558. The van der Waals surface area contributed by atoms with Gasteiger partial charge in [-0.15, -0.1) is 5.10 Å². The lowest BCUT2D eigenvalue weighted by Crippen LogP contribution is -2.22. The Hall–Kier alpha value is -2.84. The van der Waals surface area contributed by atoms with Crippen molar-refractivity contribution in [1.29, 1.82) is 0 Å². The minimum Gasteiger partial charge on any atom is -0.464 e. The number of nitrogens with zero attached hydrogens (tertiary/aromatic N) is 5. The average Bonchev–Trinajstić information content (AvgIpc) is 2.89. The highest BCUT2D eigenvalue weighted by molar-refractivity contribution is 5.90. The van der Waals surface area contributed by atoms with E-state index in [1.165, 1.54) is 24.2 Å². The Morgan fingerprint density at radius 2 is 2.05 bits per heavy atom. The summed E-state index contributed by atoms with van der Waals surface area (Å²) in [5.74, 6) is -0.740. The lowest BCUT2D eigenvalue weighted by atomic mass is 10.2. The SMILES string of the molecule is CCc1c(C(=O)OC)nnn1CC(=O)Nc1ncccn1. The summed E-state index contributed by atoms with van der Waals surface area (Å²) in [6.45, 7) is 1.74. The van der Waals surface area contributed by atoms with Crippen LogP contribution in [0.15, 0.2) is 18.5 Å². The van der Waals surface area contributed by atoms with Crippen molar-refractivity contribution < 1.29 is 14.3 Å². The first-order valence-corrected chi connectivity index (χ1v) is 6.23. The molecule has 2 aromatic rings. The van der Waals surface area contributed by atoms with Gasteiger partial charge in [0.05, 0.1) is 12.8 Å². The molecule has 1 amide bonds. The summed E-state index contributed by atoms with van der Waals surface area (Å²) >= 11 is 0. The number of hydrogen-bond acceptors (Lipinski definition) is 7. The summed E-state index contributed by atoms with van der Waals surface area (Å²) < 4.78 is 5.97. The van der Waals surface area contributed by atoms with Crippen LogP contribution < -0.4 is 5.32 Å². The number of aromatic nitrogens is 5. The Bertz CT molecular complexity index is 640. The summed E-state index contributed by atoms with van der Waals surface area (Å²) in [6, 6.07) is 1.64. The lowest BCUT2D eigenvalue weighted by molar-refractivity contribution is -0.117. The first kappa shape index (κ1) is 14.6. The maximum atomic E-state index is 11.9. The highest BCUT2D eigenvalue weighted by Crippen LogP contribution is 2.08. The zero-order valence-electron chi connectivity index (χ0n) is 11.6. The molecule has 2 rings (SSSR count). The van der Waals surface area contributed by atoms with Gasteiger partial charge in [-0.05, 0) is 12.5 Å². The Balaban J connectivity index is 2.11. The van der Waals surface area contributed by atoms with Crippen molar-refractivity contribution in [2.24, 2.45) is 0 Å². The zero-order valence-corrected chi connectivity index (χ0v) is 11.6. The van der Waals surface area contributed by atoms with E-state index in [9.17, 15) is 9.59 Å². The molecule has 9 heteroatoms. The van der Waals surface area contributed by atoms with Gasteiger partial charge in [0, 0.05) is 12.4 Å². The first-order valence-electron chi connectivity index (χ1n) is 6.23. The van der Waals surface area contributed by atoms with Crippen molar-refractivity contribution in [3.63, 3.8) is 0 Å². The number of methoxy groups -OCH3 is 1. The average molecular weight is 290 g/mol. The largest absolute Gasteiger partial charge is 0.464 e. The van der Waals surface area contributed by atoms with Crippen LogP contribution in [0.5, 0.6) is 0 Å².